The molecule has 2 amide bonds. The zero-order valence-corrected chi connectivity index (χ0v) is 16.6. The first-order chi connectivity index (χ1) is 14.1. The quantitative estimate of drug-likeness (QED) is 0.700. The van der Waals surface area contributed by atoms with E-state index in [1.807, 2.05) is 54.6 Å². The van der Waals surface area contributed by atoms with Crippen molar-refractivity contribution in [2.45, 2.75) is 19.0 Å². The summed E-state index contributed by atoms with van der Waals surface area (Å²) in [7, 11) is 0. The molecule has 29 heavy (non-hydrogen) atoms. The smallest absolute Gasteiger partial charge is 0.254 e. The minimum absolute atomic E-state index is 0.133. The van der Waals surface area contributed by atoms with Crippen LogP contribution in [-0.4, -0.2) is 23.3 Å². The van der Waals surface area contributed by atoms with Crippen LogP contribution in [0.3, 0.4) is 0 Å². The molecule has 0 fully saturated rings. The van der Waals surface area contributed by atoms with E-state index in [0.29, 0.717) is 23.7 Å². The molecule has 1 aliphatic heterocycles. The van der Waals surface area contributed by atoms with Gasteiger partial charge >= 0.3 is 0 Å². The van der Waals surface area contributed by atoms with Gasteiger partial charge in [0.15, 0.2) is 0 Å². The second kappa shape index (κ2) is 8.50. The second-order valence-electron chi connectivity index (χ2n) is 7.06. The van der Waals surface area contributed by atoms with Crippen molar-refractivity contribution in [3.8, 4) is 0 Å². The number of amides is 2. The molecule has 146 valence electrons. The Bertz CT molecular complexity index is 1020. The van der Waals surface area contributed by atoms with Gasteiger partial charge in [-0.1, -0.05) is 66.2 Å². The highest BCUT2D eigenvalue weighted by Crippen LogP contribution is 2.31. The number of benzene rings is 3. The van der Waals surface area contributed by atoms with Crippen LogP contribution < -0.4 is 5.32 Å². The summed E-state index contributed by atoms with van der Waals surface area (Å²) < 4.78 is 0. The van der Waals surface area contributed by atoms with Crippen LogP contribution in [-0.2, 0) is 17.8 Å². The Hall–Kier alpha value is -3.11. The normalized spacial score (nSPS) is 15.5. The van der Waals surface area contributed by atoms with Crippen molar-refractivity contribution in [1.82, 2.24) is 10.2 Å². The molecular formula is C24H21ClN2O2. The van der Waals surface area contributed by atoms with E-state index in [2.05, 4.69) is 5.32 Å². The summed E-state index contributed by atoms with van der Waals surface area (Å²) in [6.45, 7) is 0.881. The zero-order valence-electron chi connectivity index (χ0n) is 15.8. The van der Waals surface area contributed by atoms with Crippen LogP contribution in [0.1, 0.15) is 33.1 Å². The minimum atomic E-state index is -0.653. The van der Waals surface area contributed by atoms with E-state index in [4.69, 9.17) is 11.6 Å². The largest absolute Gasteiger partial charge is 0.350 e. The highest BCUT2D eigenvalue weighted by molar-refractivity contribution is 6.30. The molecule has 0 saturated carbocycles. The molecule has 0 radical (unpaired) electrons. The molecule has 1 atom stereocenters. The van der Waals surface area contributed by atoms with Crippen LogP contribution in [0.25, 0.3) is 0 Å². The molecule has 1 N–H and O–H groups in total. The molecule has 3 aromatic carbocycles. The first-order valence-corrected chi connectivity index (χ1v) is 9.97. The monoisotopic (exact) mass is 404 g/mol. The predicted octanol–water partition coefficient (Wildman–Crippen LogP) is 4.40. The summed E-state index contributed by atoms with van der Waals surface area (Å²) in [5.74, 6) is -0.317. The first kappa shape index (κ1) is 19.2. The van der Waals surface area contributed by atoms with Gasteiger partial charge in [-0.05, 0) is 47.4 Å². The van der Waals surface area contributed by atoms with Gasteiger partial charge in [0.25, 0.3) is 5.91 Å². The maximum atomic E-state index is 13.2. The summed E-state index contributed by atoms with van der Waals surface area (Å²) in [6.07, 6.45) is 0.732. The van der Waals surface area contributed by atoms with E-state index >= 15 is 0 Å². The van der Waals surface area contributed by atoms with Crippen LogP contribution in [0, 0.1) is 0 Å². The number of halogens is 1. The average Bonchev–Trinajstić information content (AvgIpc) is 2.78. The Morgan fingerprint density at radius 2 is 1.62 bits per heavy atom. The third kappa shape index (κ3) is 4.17. The molecule has 1 heterocycles. The van der Waals surface area contributed by atoms with Gasteiger partial charge in [-0.15, -0.1) is 0 Å². The summed E-state index contributed by atoms with van der Waals surface area (Å²) in [4.78, 5) is 28.1. The number of carbonyl (C=O) groups excluding carboxylic acids is 2. The summed E-state index contributed by atoms with van der Waals surface area (Å²) >= 11 is 5.93. The van der Waals surface area contributed by atoms with Gasteiger partial charge in [0.05, 0.1) is 0 Å². The molecule has 3 aromatic rings. The third-order valence-electron chi connectivity index (χ3n) is 5.19. The Balaban J connectivity index is 1.60. The van der Waals surface area contributed by atoms with E-state index in [-0.39, 0.29) is 11.8 Å². The van der Waals surface area contributed by atoms with Gasteiger partial charge in [-0.2, -0.15) is 0 Å². The molecule has 4 nitrogen and oxygen atoms in total. The number of rotatable bonds is 4. The molecule has 1 aliphatic rings. The highest BCUT2D eigenvalue weighted by Gasteiger charge is 2.36. The van der Waals surface area contributed by atoms with E-state index in [9.17, 15) is 9.59 Å². The molecule has 0 aliphatic carbocycles. The van der Waals surface area contributed by atoms with Gasteiger partial charge in [0, 0.05) is 23.7 Å². The predicted molar refractivity (Wildman–Crippen MR) is 114 cm³/mol. The van der Waals surface area contributed by atoms with Crippen molar-refractivity contribution in [3.05, 3.63) is 106 Å². The lowest BCUT2D eigenvalue weighted by molar-refractivity contribution is -0.126. The number of carbonyl (C=O) groups is 2. The van der Waals surface area contributed by atoms with E-state index in [0.717, 1.165) is 23.1 Å². The molecule has 4 rings (SSSR count). The fourth-order valence-electron chi connectivity index (χ4n) is 3.70. The van der Waals surface area contributed by atoms with Crippen molar-refractivity contribution in [3.63, 3.8) is 0 Å². The number of nitrogens with one attached hydrogen (secondary N) is 1. The Kier molecular flexibility index (Phi) is 5.63. The Morgan fingerprint density at radius 1 is 0.931 bits per heavy atom. The van der Waals surface area contributed by atoms with Crippen LogP contribution >= 0.6 is 11.6 Å². The van der Waals surface area contributed by atoms with Crippen LogP contribution in [0.2, 0.25) is 5.02 Å². The van der Waals surface area contributed by atoms with Gasteiger partial charge in [0.2, 0.25) is 5.91 Å². The highest BCUT2D eigenvalue weighted by atomic mass is 35.5. The van der Waals surface area contributed by atoms with Gasteiger partial charge < -0.3 is 10.2 Å². The standard InChI is InChI=1S/C24H21ClN2O2/c25-20-12-10-17(11-13-20)16-26-23(28)22-21-9-5-4-6-18(21)14-15-27(22)24(29)19-7-2-1-3-8-19/h1-13,22H,14-16H2,(H,26,28). The lowest BCUT2D eigenvalue weighted by Gasteiger charge is -2.36. The number of hydrogen-bond acceptors (Lipinski definition) is 2. The maximum absolute atomic E-state index is 13.2. The van der Waals surface area contributed by atoms with Crippen LogP contribution in [0.4, 0.5) is 0 Å². The Labute approximate surface area is 175 Å². The lowest BCUT2D eigenvalue weighted by Crippen LogP contribution is -2.47. The maximum Gasteiger partial charge on any atom is 0.254 e. The van der Waals surface area contributed by atoms with Crippen molar-refractivity contribution in [2.24, 2.45) is 0 Å². The average molecular weight is 405 g/mol. The molecule has 0 bridgehead atoms. The zero-order chi connectivity index (χ0) is 20.2. The van der Waals surface area contributed by atoms with Crippen molar-refractivity contribution in [1.29, 1.82) is 0 Å². The minimum Gasteiger partial charge on any atom is -0.350 e. The summed E-state index contributed by atoms with van der Waals surface area (Å²) in [5, 5.41) is 3.64. The van der Waals surface area contributed by atoms with Gasteiger partial charge in [-0.25, -0.2) is 0 Å². The van der Waals surface area contributed by atoms with Gasteiger partial charge in [0.1, 0.15) is 6.04 Å². The lowest BCUT2D eigenvalue weighted by atomic mass is 9.91. The van der Waals surface area contributed by atoms with Crippen LogP contribution in [0.15, 0.2) is 78.9 Å². The molecule has 0 saturated heterocycles. The van der Waals surface area contributed by atoms with Crippen LogP contribution in [0.5, 0.6) is 0 Å². The summed E-state index contributed by atoms with van der Waals surface area (Å²) in [5.41, 5.74) is 3.53. The van der Waals surface area contributed by atoms with Gasteiger partial charge in [-0.3, -0.25) is 9.59 Å². The van der Waals surface area contributed by atoms with Crippen molar-refractivity contribution >= 4 is 23.4 Å². The molecule has 0 aromatic heterocycles. The molecule has 5 heteroatoms. The van der Waals surface area contributed by atoms with Crippen molar-refractivity contribution < 1.29 is 9.59 Å². The number of hydrogen-bond donors (Lipinski definition) is 1. The Morgan fingerprint density at radius 3 is 2.38 bits per heavy atom. The van der Waals surface area contributed by atoms with E-state index in [1.165, 1.54) is 0 Å². The molecular weight excluding hydrogens is 384 g/mol. The molecule has 1 unspecified atom stereocenters. The van der Waals surface area contributed by atoms with Crippen molar-refractivity contribution in [2.75, 3.05) is 6.54 Å². The number of fused-ring (bicyclic) bond motifs is 1. The SMILES string of the molecule is O=C(NCc1ccc(Cl)cc1)C1c2ccccc2CCN1C(=O)c1ccccc1. The second-order valence-corrected chi connectivity index (χ2v) is 7.50. The van der Waals surface area contributed by atoms with E-state index in [1.54, 1.807) is 29.2 Å². The fourth-order valence-corrected chi connectivity index (χ4v) is 3.83. The first-order valence-electron chi connectivity index (χ1n) is 9.59. The molecule has 0 spiro atoms. The van der Waals surface area contributed by atoms with E-state index < -0.39 is 6.04 Å². The third-order valence-corrected chi connectivity index (χ3v) is 5.45. The fraction of sp³-hybridized carbons (Fsp3) is 0.167. The summed E-state index contributed by atoms with van der Waals surface area (Å²) in [6, 6.07) is 23.6. The number of nitrogens with zero attached hydrogens (tertiary/aromatic N) is 1. The topological polar surface area (TPSA) is 49.4 Å².